The molecule has 1 aromatic rings. The second kappa shape index (κ2) is 5.00. The number of nitrogens with two attached hydrogens (primary N) is 2. The second-order valence-corrected chi connectivity index (χ2v) is 3.43. The van der Waals surface area contributed by atoms with Gasteiger partial charge in [0.1, 0.15) is 11.5 Å². The number of benzene rings is 1. The average Bonchev–Trinajstić information content (AvgIpc) is 2.26. The minimum absolute atomic E-state index is 0.268. The average molecular weight is 210 g/mol. The van der Waals surface area contributed by atoms with Crippen molar-refractivity contribution in [2.75, 3.05) is 20.8 Å². The van der Waals surface area contributed by atoms with E-state index >= 15 is 0 Å². The lowest BCUT2D eigenvalue weighted by Gasteiger charge is -2.18. The molecule has 0 saturated carbocycles. The third-order valence-corrected chi connectivity index (χ3v) is 2.31. The second-order valence-electron chi connectivity index (χ2n) is 3.43. The molecule has 4 nitrogen and oxygen atoms in total. The van der Waals surface area contributed by atoms with Crippen molar-refractivity contribution in [3.8, 4) is 11.5 Å². The van der Waals surface area contributed by atoms with Crippen molar-refractivity contribution in [2.24, 2.45) is 11.5 Å². The molecule has 0 aliphatic carbocycles. The van der Waals surface area contributed by atoms with Gasteiger partial charge in [-0.2, -0.15) is 0 Å². The highest BCUT2D eigenvalue weighted by atomic mass is 16.5. The molecule has 1 aromatic carbocycles. The highest BCUT2D eigenvalue weighted by Gasteiger charge is 2.16. The molecule has 0 saturated heterocycles. The first-order chi connectivity index (χ1) is 7.13. The Kier molecular flexibility index (Phi) is 3.94. The number of ether oxygens (including phenoxy) is 2. The van der Waals surface area contributed by atoms with Crippen LogP contribution >= 0.6 is 0 Å². The maximum atomic E-state index is 5.91. The summed E-state index contributed by atoms with van der Waals surface area (Å²) in [6.45, 7) is 2.33. The molecule has 1 rings (SSSR count). The van der Waals surface area contributed by atoms with Gasteiger partial charge < -0.3 is 20.9 Å². The van der Waals surface area contributed by atoms with Gasteiger partial charge in [0.2, 0.25) is 0 Å². The van der Waals surface area contributed by atoms with Gasteiger partial charge in [-0.15, -0.1) is 0 Å². The van der Waals surface area contributed by atoms with E-state index in [1.807, 2.05) is 19.1 Å². The zero-order valence-electron chi connectivity index (χ0n) is 9.41. The molecule has 0 radical (unpaired) electrons. The molecular weight excluding hydrogens is 192 g/mol. The molecule has 0 aliphatic rings. The third kappa shape index (κ3) is 2.40. The van der Waals surface area contributed by atoms with Crippen LogP contribution in [0.1, 0.15) is 17.2 Å². The molecule has 0 aliphatic heterocycles. The van der Waals surface area contributed by atoms with Gasteiger partial charge in [0.15, 0.2) is 0 Å². The van der Waals surface area contributed by atoms with E-state index in [0.717, 1.165) is 22.6 Å². The maximum Gasteiger partial charge on any atom is 0.127 e. The van der Waals surface area contributed by atoms with E-state index in [2.05, 4.69) is 0 Å². The molecule has 0 bridgehead atoms. The van der Waals surface area contributed by atoms with Crippen LogP contribution in [0.2, 0.25) is 0 Å². The van der Waals surface area contributed by atoms with Crippen molar-refractivity contribution in [1.82, 2.24) is 0 Å². The van der Waals surface area contributed by atoms with Crippen LogP contribution in [0.5, 0.6) is 11.5 Å². The summed E-state index contributed by atoms with van der Waals surface area (Å²) in [5, 5.41) is 0. The predicted molar refractivity (Wildman–Crippen MR) is 60.3 cm³/mol. The van der Waals surface area contributed by atoms with E-state index in [9.17, 15) is 0 Å². The molecule has 0 fully saturated rings. The summed E-state index contributed by atoms with van der Waals surface area (Å²) in [6.07, 6.45) is 0. The fourth-order valence-corrected chi connectivity index (χ4v) is 1.55. The Morgan fingerprint density at radius 2 is 1.67 bits per heavy atom. The summed E-state index contributed by atoms with van der Waals surface area (Å²) < 4.78 is 10.6. The van der Waals surface area contributed by atoms with Crippen molar-refractivity contribution >= 4 is 0 Å². The van der Waals surface area contributed by atoms with Crippen LogP contribution in [0.3, 0.4) is 0 Å². The Morgan fingerprint density at radius 3 is 2.00 bits per heavy atom. The van der Waals surface area contributed by atoms with Crippen molar-refractivity contribution in [1.29, 1.82) is 0 Å². The molecule has 4 heteroatoms. The van der Waals surface area contributed by atoms with E-state index in [1.165, 1.54) is 0 Å². The van der Waals surface area contributed by atoms with Crippen LogP contribution in [-0.2, 0) is 0 Å². The van der Waals surface area contributed by atoms with Crippen LogP contribution in [0, 0.1) is 6.92 Å². The lowest BCUT2D eigenvalue weighted by Crippen LogP contribution is -2.22. The first-order valence-electron chi connectivity index (χ1n) is 4.82. The Hall–Kier alpha value is -1.26. The van der Waals surface area contributed by atoms with Gasteiger partial charge in [-0.3, -0.25) is 0 Å². The van der Waals surface area contributed by atoms with E-state index in [-0.39, 0.29) is 6.04 Å². The summed E-state index contributed by atoms with van der Waals surface area (Å²) in [5.41, 5.74) is 13.4. The van der Waals surface area contributed by atoms with Gasteiger partial charge >= 0.3 is 0 Å². The largest absolute Gasteiger partial charge is 0.496 e. The van der Waals surface area contributed by atoms with Crippen molar-refractivity contribution in [3.05, 3.63) is 23.3 Å². The van der Waals surface area contributed by atoms with Crippen LogP contribution in [0.25, 0.3) is 0 Å². The van der Waals surface area contributed by atoms with Crippen molar-refractivity contribution < 1.29 is 9.47 Å². The standard InChI is InChI=1S/C11H18N2O2/c1-7-4-9(14-2)11(8(13)6-12)10(5-7)15-3/h4-5,8H,6,12-13H2,1-3H3/t8-/m1/s1. The molecule has 0 aromatic heterocycles. The van der Waals surface area contributed by atoms with Gasteiger partial charge in [0, 0.05) is 12.6 Å². The smallest absolute Gasteiger partial charge is 0.127 e. The zero-order chi connectivity index (χ0) is 11.4. The SMILES string of the molecule is COc1cc(C)cc(OC)c1[C@H](N)CN. The molecule has 0 unspecified atom stereocenters. The zero-order valence-corrected chi connectivity index (χ0v) is 9.41. The van der Waals surface area contributed by atoms with Crippen LogP contribution < -0.4 is 20.9 Å². The third-order valence-electron chi connectivity index (χ3n) is 2.31. The fourth-order valence-electron chi connectivity index (χ4n) is 1.55. The van der Waals surface area contributed by atoms with E-state index in [0.29, 0.717) is 6.54 Å². The Labute approximate surface area is 90.2 Å². The fraction of sp³-hybridized carbons (Fsp3) is 0.455. The lowest BCUT2D eigenvalue weighted by atomic mass is 10.0. The van der Waals surface area contributed by atoms with Gasteiger partial charge in [0.05, 0.1) is 19.8 Å². The predicted octanol–water partition coefficient (Wildman–Crippen LogP) is 0.971. The van der Waals surface area contributed by atoms with E-state index < -0.39 is 0 Å². The van der Waals surface area contributed by atoms with Gasteiger partial charge in [-0.1, -0.05) is 0 Å². The van der Waals surface area contributed by atoms with Gasteiger partial charge in [0.25, 0.3) is 0 Å². The Balaban J connectivity index is 3.30. The topological polar surface area (TPSA) is 70.5 Å². The summed E-state index contributed by atoms with van der Waals surface area (Å²) in [4.78, 5) is 0. The minimum Gasteiger partial charge on any atom is -0.496 e. The number of aryl methyl sites for hydroxylation is 1. The highest BCUT2D eigenvalue weighted by Crippen LogP contribution is 2.34. The molecule has 84 valence electrons. The molecule has 15 heavy (non-hydrogen) atoms. The lowest BCUT2D eigenvalue weighted by molar-refractivity contribution is 0.379. The Morgan fingerprint density at radius 1 is 1.20 bits per heavy atom. The summed E-state index contributed by atoms with van der Waals surface area (Å²) in [7, 11) is 3.22. The molecule has 0 heterocycles. The van der Waals surface area contributed by atoms with Crippen LogP contribution in [-0.4, -0.2) is 20.8 Å². The summed E-state index contributed by atoms with van der Waals surface area (Å²) in [6, 6.07) is 3.58. The number of methoxy groups -OCH3 is 2. The number of hydrogen-bond acceptors (Lipinski definition) is 4. The first-order valence-corrected chi connectivity index (χ1v) is 4.82. The molecule has 1 atom stereocenters. The number of hydrogen-bond donors (Lipinski definition) is 2. The summed E-state index contributed by atoms with van der Waals surface area (Å²) in [5.74, 6) is 1.45. The quantitative estimate of drug-likeness (QED) is 0.777. The van der Waals surface area contributed by atoms with Crippen molar-refractivity contribution in [3.63, 3.8) is 0 Å². The van der Waals surface area contributed by atoms with Crippen LogP contribution in [0.4, 0.5) is 0 Å². The molecule has 0 amide bonds. The van der Waals surface area contributed by atoms with E-state index in [4.69, 9.17) is 20.9 Å². The molecule has 0 spiro atoms. The molecular formula is C11H18N2O2. The minimum atomic E-state index is -0.268. The number of rotatable bonds is 4. The van der Waals surface area contributed by atoms with Crippen molar-refractivity contribution in [2.45, 2.75) is 13.0 Å². The summed E-state index contributed by atoms with van der Waals surface area (Å²) >= 11 is 0. The highest BCUT2D eigenvalue weighted by molar-refractivity contribution is 5.49. The van der Waals surface area contributed by atoms with E-state index in [1.54, 1.807) is 14.2 Å². The van der Waals surface area contributed by atoms with Crippen LogP contribution in [0.15, 0.2) is 12.1 Å². The maximum absolute atomic E-state index is 5.91. The Bertz CT molecular complexity index is 314. The van der Waals surface area contributed by atoms with Gasteiger partial charge in [-0.05, 0) is 24.6 Å². The molecule has 4 N–H and O–H groups in total. The monoisotopic (exact) mass is 210 g/mol. The van der Waals surface area contributed by atoms with Gasteiger partial charge in [-0.25, -0.2) is 0 Å². The normalized spacial score (nSPS) is 12.3. The first kappa shape index (κ1) is 11.8.